The second-order valence-corrected chi connectivity index (χ2v) is 11.4. The van der Waals surface area contributed by atoms with Gasteiger partial charge in [0.15, 0.2) is 0 Å². The molecule has 0 radical (unpaired) electrons. The molecule has 33 heavy (non-hydrogen) atoms. The first-order valence-electron chi connectivity index (χ1n) is 12.5. The first-order chi connectivity index (χ1) is 15.6. The Bertz CT molecular complexity index is 1010. The molecule has 0 aromatic carbocycles. The van der Waals surface area contributed by atoms with Crippen LogP contribution in [0.3, 0.4) is 0 Å². The van der Waals surface area contributed by atoms with Crippen molar-refractivity contribution in [2.45, 2.75) is 82.8 Å². The molecule has 180 valence electrons. The molecule has 0 saturated heterocycles. The predicted molar refractivity (Wildman–Crippen MR) is 125 cm³/mol. The second kappa shape index (κ2) is 7.72. The van der Waals surface area contributed by atoms with Crippen molar-refractivity contribution in [2.24, 2.45) is 22.7 Å². The second-order valence-electron chi connectivity index (χ2n) is 11.4. The third-order valence-electron chi connectivity index (χ3n) is 10.4. The highest BCUT2D eigenvalue weighted by Gasteiger charge is 2.66. The molecule has 7 atom stereocenters. The van der Waals surface area contributed by atoms with Crippen molar-refractivity contribution in [3.05, 3.63) is 46.0 Å². The number of nitrogens with zero attached hydrogens (tertiary/aromatic N) is 1. The third-order valence-corrected chi connectivity index (χ3v) is 10.4. The van der Waals surface area contributed by atoms with Crippen LogP contribution in [0.4, 0.5) is 4.79 Å². The predicted octanol–water partition coefficient (Wildman–Crippen LogP) is 4.87. The van der Waals surface area contributed by atoms with E-state index in [0.717, 1.165) is 56.9 Å². The summed E-state index contributed by atoms with van der Waals surface area (Å²) in [6.07, 6.45) is 11.4. The Morgan fingerprint density at radius 2 is 1.91 bits per heavy atom. The number of aliphatic hydroxyl groups is 1. The zero-order valence-corrected chi connectivity index (χ0v) is 20.3. The highest BCUT2D eigenvalue weighted by atomic mass is 16.5. The summed E-state index contributed by atoms with van der Waals surface area (Å²) in [5.41, 5.74) is 1.33. The van der Waals surface area contributed by atoms with Gasteiger partial charge in [-0.05, 0) is 86.2 Å². The molecular formula is C27H37NO5. The van der Waals surface area contributed by atoms with Crippen LogP contribution in [-0.4, -0.2) is 41.9 Å². The normalized spacial score (nSPS) is 41.9. The molecule has 3 fully saturated rings. The topological polar surface area (TPSA) is 80.0 Å². The molecular weight excluding hydrogens is 418 g/mol. The minimum absolute atomic E-state index is 0.0745. The first kappa shape index (κ1) is 22.7. The molecule has 3 saturated carbocycles. The molecule has 6 nitrogen and oxygen atoms in total. The molecule has 4 aliphatic rings. The average Bonchev–Trinajstić information content (AvgIpc) is 3.09. The van der Waals surface area contributed by atoms with Gasteiger partial charge in [-0.15, -0.1) is 0 Å². The largest absolute Gasteiger partial charge is 0.453 e. The maximum Gasteiger partial charge on any atom is 0.409 e. The number of rotatable bonds is 2. The number of ether oxygens (including phenoxy) is 1. The average molecular weight is 456 g/mol. The fourth-order valence-electron chi connectivity index (χ4n) is 8.37. The monoisotopic (exact) mass is 455 g/mol. The maximum atomic E-state index is 12.3. The van der Waals surface area contributed by atoms with E-state index in [-0.39, 0.29) is 40.4 Å². The molecule has 1 heterocycles. The standard InChI is InChI=1S/C27H37NO5/c1-25-12-9-19(28(3)24(30)32-4)15-18(25)6-7-22-21(25)10-13-26(2)20(11-14-27(22,26)31)17-5-8-23(29)33-16-17/h5,8,15-16,19-22,31H,6-7,9-14H2,1-4H3/t19-,20+,21-,22+,25-,26+,27-/m0/s1. The van der Waals surface area contributed by atoms with Crippen LogP contribution in [0.1, 0.15) is 76.7 Å². The molecule has 4 aliphatic carbocycles. The van der Waals surface area contributed by atoms with Crippen molar-refractivity contribution < 1.29 is 19.1 Å². The minimum Gasteiger partial charge on any atom is -0.453 e. The number of fused-ring (bicyclic) bond motifs is 5. The smallest absolute Gasteiger partial charge is 0.409 e. The van der Waals surface area contributed by atoms with Gasteiger partial charge < -0.3 is 19.2 Å². The highest BCUT2D eigenvalue weighted by Crippen LogP contribution is 2.70. The number of allylic oxidation sites excluding steroid dienone is 1. The van der Waals surface area contributed by atoms with Crippen LogP contribution in [0.25, 0.3) is 0 Å². The van der Waals surface area contributed by atoms with Crippen molar-refractivity contribution in [2.75, 3.05) is 14.2 Å². The molecule has 1 N–H and O–H groups in total. The zero-order chi connectivity index (χ0) is 23.6. The van der Waals surface area contributed by atoms with Crippen LogP contribution in [-0.2, 0) is 4.74 Å². The Kier molecular flexibility index (Phi) is 5.31. The molecule has 5 rings (SSSR count). The fraction of sp³-hybridized carbons (Fsp3) is 0.704. The van der Waals surface area contributed by atoms with Crippen LogP contribution >= 0.6 is 0 Å². The zero-order valence-electron chi connectivity index (χ0n) is 20.3. The van der Waals surface area contributed by atoms with Crippen molar-refractivity contribution in [1.29, 1.82) is 0 Å². The highest BCUT2D eigenvalue weighted by molar-refractivity contribution is 5.67. The third kappa shape index (κ3) is 3.16. The summed E-state index contributed by atoms with van der Waals surface area (Å²) in [5.74, 6) is 0.934. The van der Waals surface area contributed by atoms with E-state index < -0.39 is 5.60 Å². The van der Waals surface area contributed by atoms with E-state index in [1.165, 1.54) is 18.7 Å². The van der Waals surface area contributed by atoms with Gasteiger partial charge in [0.05, 0.1) is 25.0 Å². The lowest BCUT2D eigenvalue weighted by atomic mass is 9.45. The van der Waals surface area contributed by atoms with Crippen LogP contribution < -0.4 is 5.63 Å². The maximum absolute atomic E-state index is 12.3. The fourth-order valence-corrected chi connectivity index (χ4v) is 8.37. The Labute approximate surface area is 196 Å². The van der Waals surface area contributed by atoms with Gasteiger partial charge in [-0.25, -0.2) is 9.59 Å². The number of methoxy groups -OCH3 is 1. The lowest BCUT2D eigenvalue weighted by molar-refractivity contribution is -0.177. The number of carbonyl (C=O) groups excluding carboxylic acids is 1. The van der Waals surface area contributed by atoms with E-state index in [1.807, 2.05) is 13.1 Å². The van der Waals surface area contributed by atoms with E-state index in [0.29, 0.717) is 5.92 Å². The molecule has 0 spiro atoms. The molecule has 1 aromatic heterocycles. The summed E-state index contributed by atoms with van der Waals surface area (Å²) in [6.45, 7) is 4.66. The van der Waals surface area contributed by atoms with E-state index in [4.69, 9.17) is 9.15 Å². The molecule has 1 aromatic rings. The molecule has 0 unspecified atom stereocenters. The summed E-state index contributed by atoms with van der Waals surface area (Å²) in [6, 6.07) is 3.48. The Morgan fingerprint density at radius 3 is 2.61 bits per heavy atom. The minimum atomic E-state index is -0.703. The van der Waals surface area contributed by atoms with Gasteiger partial charge in [0.1, 0.15) is 0 Å². The van der Waals surface area contributed by atoms with Crippen molar-refractivity contribution >= 4 is 6.09 Å². The van der Waals surface area contributed by atoms with E-state index in [9.17, 15) is 14.7 Å². The Morgan fingerprint density at radius 1 is 1.12 bits per heavy atom. The summed E-state index contributed by atoms with van der Waals surface area (Å²) in [4.78, 5) is 25.3. The molecule has 1 amide bonds. The summed E-state index contributed by atoms with van der Waals surface area (Å²) >= 11 is 0. The number of hydrogen-bond acceptors (Lipinski definition) is 5. The SMILES string of the molecule is COC(=O)N(C)[C@@H]1C=C2CC[C@@H]3[C@H](CC[C@]4(C)[C@@H](c5ccc(=O)oc5)CC[C@]34O)[C@@]2(C)CC1. The van der Waals surface area contributed by atoms with Gasteiger partial charge in [-0.2, -0.15) is 0 Å². The van der Waals surface area contributed by atoms with Crippen LogP contribution in [0.15, 0.2) is 39.3 Å². The van der Waals surface area contributed by atoms with Gasteiger partial charge in [-0.3, -0.25) is 0 Å². The van der Waals surface area contributed by atoms with Crippen molar-refractivity contribution in [3.8, 4) is 0 Å². The van der Waals surface area contributed by atoms with Gasteiger partial charge >= 0.3 is 11.7 Å². The summed E-state index contributed by atoms with van der Waals surface area (Å²) in [5, 5.41) is 12.3. The summed E-state index contributed by atoms with van der Waals surface area (Å²) in [7, 11) is 3.25. The van der Waals surface area contributed by atoms with Gasteiger partial charge in [0.25, 0.3) is 0 Å². The number of hydrogen-bond donors (Lipinski definition) is 1. The molecule has 0 aliphatic heterocycles. The summed E-state index contributed by atoms with van der Waals surface area (Å²) < 4.78 is 10.1. The first-order valence-corrected chi connectivity index (χ1v) is 12.5. The van der Waals surface area contributed by atoms with E-state index in [2.05, 4.69) is 19.9 Å². The molecule has 0 bridgehead atoms. The number of carbonyl (C=O) groups is 1. The Balaban J connectivity index is 1.43. The lowest BCUT2D eigenvalue weighted by Crippen LogP contribution is -2.60. The quantitative estimate of drug-likeness (QED) is 0.644. The van der Waals surface area contributed by atoms with E-state index >= 15 is 0 Å². The Hall–Kier alpha value is -2.08. The van der Waals surface area contributed by atoms with Crippen LogP contribution in [0, 0.1) is 22.7 Å². The number of likely N-dealkylation sites (N-methyl/N-ethyl adjacent to an activating group) is 1. The van der Waals surface area contributed by atoms with Crippen molar-refractivity contribution in [1.82, 2.24) is 4.90 Å². The van der Waals surface area contributed by atoms with Crippen LogP contribution in [0.5, 0.6) is 0 Å². The van der Waals surface area contributed by atoms with Crippen LogP contribution in [0.2, 0.25) is 0 Å². The van der Waals surface area contributed by atoms with Crippen molar-refractivity contribution in [3.63, 3.8) is 0 Å². The number of amides is 1. The van der Waals surface area contributed by atoms with E-state index in [1.54, 1.807) is 11.2 Å². The van der Waals surface area contributed by atoms with Gasteiger partial charge in [0.2, 0.25) is 0 Å². The van der Waals surface area contributed by atoms with Gasteiger partial charge in [0, 0.05) is 18.5 Å². The van der Waals surface area contributed by atoms with Gasteiger partial charge in [-0.1, -0.05) is 25.5 Å². The molecule has 6 heteroatoms. The lowest BCUT2D eigenvalue weighted by Gasteiger charge is -2.62.